The maximum absolute atomic E-state index is 13.1. The molecule has 0 spiro atoms. The maximum atomic E-state index is 13.1. The molecule has 0 N–H and O–H groups in total. The van der Waals surface area contributed by atoms with Crippen LogP contribution in [0.2, 0.25) is 0 Å². The predicted molar refractivity (Wildman–Crippen MR) is 108 cm³/mol. The van der Waals surface area contributed by atoms with Crippen molar-refractivity contribution < 1.29 is 22.7 Å². The lowest BCUT2D eigenvalue weighted by atomic mass is 10.2. The van der Waals surface area contributed by atoms with Crippen LogP contribution in [0.1, 0.15) is 11.1 Å². The van der Waals surface area contributed by atoms with E-state index in [4.69, 9.17) is 9.47 Å². The van der Waals surface area contributed by atoms with Crippen molar-refractivity contribution in [2.45, 2.75) is 24.8 Å². The van der Waals surface area contributed by atoms with Crippen molar-refractivity contribution >= 4 is 15.9 Å². The third-order valence-electron chi connectivity index (χ3n) is 5.30. The number of amides is 1. The van der Waals surface area contributed by atoms with Crippen molar-refractivity contribution in [3.63, 3.8) is 0 Å². The Balaban J connectivity index is 1.42. The molecule has 0 bridgehead atoms. The number of rotatable bonds is 3. The van der Waals surface area contributed by atoms with Crippen molar-refractivity contribution in [1.29, 1.82) is 0 Å². The first-order chi connectivity index (χ1) is 13.9. The molecule has 1 atom stereocenters. The molecule has 0 saturated carbocycles. The number of carbonyl (C=O) groups excluding carboxylic acids is 1. The second kappa shape index (κ2) is 7.68. The average Bonchev–Trinajstić information content (AvgIpc) is 2.74. The van der Waals surface area contributed by atoms with Crippen LogP contribution < -0.4 is 9.47 Å². The van der Waals surface area contributed by atoms with Gasteiger partial charge in [0.25, 0.3) is 5.91 Å². The molecule has 154 valence electrons. The van der Waals surface area contributed by atoms with Crippen LogP contribution in [0.3, 0.4) is 0 Å². The Hall–Kier alpha value is -2.58. The van der Waals surface area contributed by atoms with Gasteiger partial charge in [-0.25, -0.2) is 8.42 Å². The molecule has 2 aromatic rings. The summed E-state index contributed by atoms with van der Waals surface area (Å²) in [6.45, 7) is 4.98. The summed E-state index contributed by atoms with van der Waals surface area (Å²) in [6.07, 6.45) is -0.716. The summed E-state index contributed by atoms with van der Waals surface area (Å²) in [6, 6.07) is 12.7. The topological polar surface area (TPSA) is 76.2 Å². The number of piperazine rings is 1. The molecular formula is C21H24N2O5S. The maximum Gasteiger partial charge on any atom is 0.267 e. The van der Waals surface area contributed by atoms with E-state index < -0.39 is 16.1 Å². The normalized spacial score (nSPS) is 19.8. The fraction of sp³-hybridized carbons (Fsp3) is 0.381. The Morgan fingerprint density at radius 1 is 1.00 bits per heavy atom. The molecule has 0 radical (unpaired) electrons. The van der Waals surface area contributed by atoms with Crippen molar-refractivity contribution in [1.82, 2.24) is 9.21 Å². The van der Waals surface area contributed by atoms with Gasteiger partial charge in [-0.1, -0.05) is 24.3 Å². The molecule has 2 aliphatic heterocycles. The molecule has 1 amide bonds. The van der Waals surface area contributed by atoms with Crippen molar-refractivity contribution in [2.24, 2.45) is 0 Å². The molecular weight excluding hydrogens is 392 g/mol. The molecule has 1 saturated heterocycles. The number of benzene rings is 2. The zero-order valence-electron chi connectivity index (χ0n) is 16.5. The molecule has 7 nitrogen and oxygen atoms in total. The minimum Gasteiger partial charge on any atom is -0.485 e. The van der Waals surface area contributed by atoms with Gasteiger partial charge >= 0.3 is 0 Å². The summed E-state index contributed by atoms with van der Waals surface area (Å²) in [5.41, 5.74) is 1.62. The lowest BCUT2D eigenvalue weighted by molar-refractivity contribution is -0.142. The number of aryl methyl sites for hydroxylation is 2. The number of carbonyl (C=O) groups is 1. The van der Waals surface area contributed by atoms with Crippen LogP contribution in [0.25, 0.3) is 0 Å². The van der Waals surface area contributed by atoms with E-state index in [-0.39, 0.29) is 25.6 Å². The number of ether oxygens (including phenoxy) is 2. The van der Waals surface area contributed by atoms with E-state index in [1.807, 2.05) is 31.2 Å². The van der Waals surface area contributed by atoms with E-state index in [1.165, 1.54) is 4.31 Å². The highest BCUT2D eigenvalue weighted by Gasteiger charge is 2.35. The Labute approximate surface area is 170 Å². The lowest BCUT2D eigenvalue weighted by Gasteiger charge is -2.36. The van der Waals surface area contributed by atoms with Gasteiger partial charge in [-0.15, -0.1) is 0 Å². The van der Waals surface area contributed by atoms with Crippen LogP contribution >= 0.6 is 0 Å². The lowest BCUT2D eigenvalue weighted by Crippen LogP contribution is -2.55. The predicted octanol–water partition coefficient (Wildman–Crippen LogP) is 1.98. The van der Waals surface area contributed by atoms with Gasteiger partial charge in [0, 0.05) is 26.2 Å². The number of fused-ring (bicyclic) bond motifs is 1. The molecule has 2 aromatic carbocycles. The molecule has 0 aromatic heterocycles. The first-order valence-electron chi connectivity index (χ1n) is 9.61. The second-order valence-electron chi connectivity index (χ2n) is 7.36. The fourth-order valence-corrected chi connectivity index (χ4v) is 5.35. The molecule has 0 aliphatic carbocycles. The summed E-state index contributed by atoms with van der Waals surface area (Å²) in [5.74, 6) is 0.998. The Bertz CT molecular complexity index is 1030. The molecule has 1 fully saturated rings. The molecule has 8 heteroatoms. The van der Waals surface area contributed by atoms with Crippen LogP contribution in [0.5, 0.6) is 11.5 Å². The van der Waals surface area contributed by atoms with Gasteiger partial charge in [-0.2, -0.15) is 4.31 Å². The first kappa shape index (κ1) is 19.7. The standard InChI is InChI=1S/C21H24N2O5S/c1-15-7-8-16(2)20(13-15)29(25,26)23-11-9-22(10-12-23)21(24)19-14-27-17-5-3-4-6-18(17)28-19/h3-8,13,19H,9-12,14H2,1-2H3/t19-/m0/s1. The number of nitrogens with zero attached hydrogens (tertiary/aromatic N) is 2. The highest BCUT2D eigenvalue weighted by Crippen LogP contribution is 2.31. The average molecular weight is 416 g/mol. The van der Waals surface area contributed by atoms with Gasteiger partial charge in [0.15, 0.2) is 11.5 Å². The summed E-state index contributed by atoms with van der Waals surface area (Å²) < 4.78 is 39.0. The number of hydrogen-bond donors (Lipinski definition) is 0. The smallest absolute Gasteiger partial charge is 0.267 e. The van der Waals surface area contributed by atoms with E-state index in [0.717, 1.165) is 11.1 Å². The molecule has 2 heterocycles. The van der Waals surface area contributed by atoms with Crippen LogP contribution in [-0.2, 0) is 14.8 Å². The zero-order valence-corrected chi connectivity index (χ0v) is 17.3. The number of hydrogen-bond acceptors (Lipinski definition) is 5. The molecule has 0 unspecified atom stereocenters. The minimum absolute atomic E-state index is 0.150. The van der Waals surface area contributed by atoms with E-state index in [0.29, 0.717) is 29.5 Å². The van der Waals surface area contributed by atoms with Gasteiger partial charge in [-0.05, 0) is 43.2 Å². The molecule has 29 heavy (non-hydrogen) atoms. The number of para-hydroxylation sites is 2. The first-order valence-corrected chi connectivity index (χ1v) is 11.0. The van der Waals surface area contributed by atoms with Crippen LogP contribution in [0, 0.1) is 13.8 Å². The summed E-state index contributed by atoms with van der Waals surface area (Å²) in [5, 5.41) is 0. The third kappa shape index (κ3) is 3.82. The summed E-state index contributed by atoms with van der Waals surface area (Å²) in [7, 11) is -3.59. The quantitative estimate of drug-likeness (QED) is 0.765. The van der Waals surface area contributed by atoms with Gasteiger partial charge in [0.1, 0.15) is 6.61 Å². The van der Waals surface area contributed by atoms with Gasteiger partial charge in [0.2, 0.25) is 16.1 Å². The Kier molecular flexibility index (Phi) is 5.23. The largest absolute Gasteiger partial charge is 0.485 e. The van der Waals surface area contributed by atoms with E-state index in [9.17, 15) is 13.2 Å². The van der Waals surface area contributed by atoms with Gasteiger partial charge in [-0.3, -0.25) is 4.79 Å². The second-order valence-corrected chi connectivity index (χ2v) is 9.27. The van der Waals surface area contributed by atoms with E-state index in [1.54, 1.807) is 30.0 Å². The molecule has 2 aliphatic rings. The van der Waals surface area contributed by atoms with Crippen LogP contribution in [-0.4, -0.2) is 62.4 Å². The van der Waals surface area contributed by atoms with Crippen molar-refractivity contribution in [2.75, 3.05) is 32.8 Å². The van der Waals surface area contributed by atoms with E-state index in [2.05, 4.69) is 0 Å². The van der Waals surface area contributed by atoms with Gasteiger partial charge < -0.3 is 14.4 Å². The summed E-state index contributed by atoms with van der Waals surface area (Å²) in [4.78, 5) is 14.8. The highest BCUT2D eigenvalue weighted by atomic mass is 32.2. The monoisotopic (exact) mass is 416 g/mol. The number of sulfonamides is 1. The summed E-state index contributed by atoms with van der Waals surface area (Å²) >= 11 is 0. The Morgan fingerprint density at radius 3 is 2.41 bits per heavy atom. The van der Waals surface area contributed by atoms with Crippen molar-refractivity contribution in [3.05, 3.63) is 53.6 Å². The Morgan fingerprint density at radius 2 is 1.69 bits per heavy atom. The molecule has 4 rings (SSSR count). The fourth-order valence-electron chi connectivity index (χ4n) is 3.62. The highest BCUT2D eigenvalue weighted by molar-refractivity contribution is 7.89. The minimum atomic E-state index is -3.59. The zero-order chi connectivity index (χ0) is 20.6. The van der Waals surface area contributed by atoms with Crippen molar-refractivity contribution in [3.8, 4) is 11.5 Å². The SMILES string of the molecule is Cc1ccc(C)c(S(=O)(=O)N2CCN(C(=O)[C@@H]3COc4ccccc4O3)CC2)c1. The van der Waals surface area contributed by atoms with Crippen LogP contribution in [0.4, 0.5) is 0 Å². The van der Waals surface area contributed by atoms with E-state index >= 15 is 0 Å². The van der Waals surface area contributed by atoms with Crippen LogP contribution in [0.15, 0.2) is 47.4 Å². The third-order valence-corrected chi connectivity index (χ3v) is 7.34. The van der Waals surface area contributed by atoms with Gasteiger partial charge in [0.05, 0.1) is 4.90 Å².